The van der Waals surface area contributed by atoms with E-state index in [0.717, 1.165) is 29.0 Å². The molecular formula is C18H16N2O7S. The molecule has 0 bridgehead atoms. The lowest BCUT2D eigenvalue weighted by Crippen LogP contribution is -2.17. The highest BCUT2D eigenvalue weighted by molar-refractivity contribution is 7.89. The van der Waals surface area contributed by atoms with Crippen molar-refractivity contribution in [3.05, 3.63) is 69.9 Å². The summed E-state index contributed by atoms with van der Waals surface area (Å²) < 4.78 is 35.6. The molecule has 0 unspecified atom stereocenters. The Morgan fingerprint density at radius 2 is 1.86 bits per heavy atom. The molecule has 0 fully saturated rings. The fraction of sp³-hybridized carbons (Fsp3) is 0.167. The second kappa shape index (κ2) is 7.31. The molecule has 28 heavy (non-hydrogen) atoms. The zero-order valence-corrected chi connectivity index (χ0v) is 15.8. The Labute approximate surface area is 160 Å². The minimum absolute atomic E-state index is 0.0415. The maximum atomic E-state index is 12.3. The molecule has 0 aliphatic carbocycles. The number of esters is 1. The first-order valence-corrected chi connectivity index (χ1v) is 9.86. The molecule has 0 aliphatic rings. The average molecular weight is 404 g/mol. The summed E-state index contributed by atoms with van der Waals surface area (Å²) in [6, 6.07) is 12.7. The summed E-state index contributed by atoms with van der Waals surface area (Å²) in [6.45, 7) is 0.106. The van der Waals surface area contributed by atoms with E-state index in [1.807, 2.05) is 30.3 Å². The van der Waals surface area contributed by atoms with E-state index < -0.39 is 20.9 Å². The predicted molar refractivity (Wildman–Crippen MR) is 101 cm³/mol. The van der Waals surface area contributed by atoms with Gasteiger partial charge in [-0.05, 0) is 11.6 Å². The Balaban J connectivity index is 2.23. The molecule has 2 aromatic carbocycles. The number of nitro groups is 1. The van der Waals surface area contributed by atoms with Crippen molar-refractivity contribution in [2.24, 2.45) is 0 Å². The molecule has 0 aliphatic heterocycles. The van der Waals surface area contributed by atoms with Gasteiger partial charge in [0, 0.05) is 11.5 Å². The van der Waals surface area contributed by atoms with E-state index in [-0.39, 0.29) is 34.6 Å². The number of hydrogen-bond acceptors (Lipinski definition) is 7. The summed E-state index contributed by atoms with van der Waals surface area (Å²) in [5.74, 6) is -0.807. The third-order valence-corrected chi connectivity index (χ3v) is 5.05. The molecular weight excluding hydrogens is 388 g/mol. The standard InChI is InChI=1S/C18H16N2O7S/c1-26-18(21)16-10-14-15(19(16)28(2,24)25)8-13(20(22)23)9-17(14)27-11-12-6-4-3-5-7-12/h3-10H,11H2,1-2H3. The van der Waals surface area contributed by atoms with Crippen molar-refractivity contribution in [1.82, 2.24) is 3.97 Å². The Morgan fingerprint density at radius 3 is 2.43 bits per heavy atom. The van der Waals surface area contributed by atoms with Crippen molar-refractivity contribution < 1.29 is 27.6 Å². The van der Waals surface area contributed by atoms with Crippen LogP contribution in [-0.2, 0) is 21.4 Å². The van der Waals surface area contributed by atoms with Crippen LogP contribution in [0, 0.1) is 10.1 Å². The van der Waals surface area contributed by atoms with E-state index in [0.29, 0.717) is 0 Å². The van der Waals surface area contributed by atoms with Gasteiger partial charge in [-0.1, -0.05) is 30.3 Å². The molecule has 9 nitrogen and oxygen atoms in total. The van der Waals surface area contributed by atoms with Crippen molar-refractivity contribution in [1.29, 1.82) is 0 Å². The first-order valence-electron chi connectivity index (χ1n) is 8.02. The highest BCUT2D eigenvalue weighted by Gasteiger charge is 2.26. The lowest BCUT2D eigenvalue weighted by atomic mass is 10.2. The first kappa shape index (κ1) is 19.4. The van der Waals surface area contributed by atoms with Crippen molar-refractivity contribution in [3.8, 4) is 5.75 Å². The molecule has 1 heterocycles. The zero-order valence-electron chi connectivity index (χ0n) is 15.0. The summed E-state index contributed by atoms with van der Waals surface area (Å²) in [4.78, 5) is 22.7. The van der Waals surface area contributed by atoms with Gasteiger partial charge in [0.2, 0.25) is 10.0 Å². The van der Waals surface area contributed by atoms with Gasteiger partial charge < -0.3 is 9.47 Å². The number of methoxy groups -OCH3 is 1. The predicted octanol–water partition coefficient (Wildman–Crippen LogP) is 2.72. The van der Waals surface area contributed by atoms with Gasteiger partial charge in [-0.3, -0.25) is 10.1 Å². The van der Waals surface area contributed by atoms with Crippen LogP contribution in [-0.4, -0.2) is 36.6 Å². The number of rotatable bonds is 6. The van der Waals surface area contributed by atoms with E-state index >= 15 is 0 Å². The monoisotopic (exact) mass is 404 g/mol. The third-order valence-electron chi connectivity index (χ3n) is 4.00. The van der Waals surface area contributed by atoms with Gasteiger partial charge in [-0.25, -0.2) is 17.2 Å². The van der Waals surface area contributed by atoms with Crippen molar-refractivity contribution in [2.45, 2.75) is 6.61 Å². The van der Waals surface area contributed by atoms with Crippen LogP contribution in [0.3, 0.4) is 0 Å². The lowest BCUT2D eigenvalue weighted by molar-refractivity contribution is -0.384. The molecule has 10 heteroatoms. The van der Waals surface area contributed by atoms with Crippen LogP contribution in [0.4, 0.5) is 5.69 Å². The molecule has 0 spiro atoms. The van der Waals surface area contributed by atoms with Crippen LogP contribution in [0.15, 0.2) is 48.5 Å². The SMILES string of the molecule is COC(=O)c1cc2c(OCc3ccccc3)cc([N+](=O)[O-])cc2n1S(C)(=O)=O. The maximum absolute atomic E-state index is 12.3. The third kappa shape index (κ3) is 3.67. The van der Waals surface area contributed by atoms with E-state index in [4.69, 9.17) is 4.74 Å². The van der Waals surface area contributed by atoms with Crippen LogP contribution >= 0.6 is 0 Å². The lowest BCUT2D eigenvalue weighted by Gasteiger charge is -2.09. The number of non-ortho nitro benzene ring substituents is 1. The molecule has 1 aromatic heterocycles. The van der Waals surface area contributed by atoms with E-state index in [2.05, 4.69) is 4.74 Å². The summed E-state index contributed by atoms with van der Waals surface area (Å²) >= 11 is 0. The Hall–Kier alpha value is -3.40. The normalized spacial score (nSPS) is 11.4. The van der Waals surface area contributed by atoms with Gasteiger partial charge in [0.05, 0.1) is 29.9 Å². The first-order chi connectivity index (χ1) is 13.2. The number of aromatic nitrogens is 1. The summed E-state index contributed by atoms with van der Waals surface area (Å²) in [6.07, 6.45) is 0.891. The Kier molecular flexibility index (Phi) is 5.06. The number of benzene rings is 2. The van der Waals surface area contributed by atoms with Gasteiger partial charge in [0.1, 0.15) is 18.1 Å². The fourth-order valence-corrected chi connectivity index (χ4v) is 3.79. The van der Waals surface area contributed by atoms with Gasteiger partial charge in [0.15, 0.2) is 0 Å². The Morgan fingerprint density at radius 1 is 1.18 bits per heavy atom. The molecule has 0 atom stereocenters. The second-order valence-electron chi connectivity index (χ2n) is 5.96. The van der Waals surface area contributed by atoms with E-state index in [1.165, 1.54) is 12.1 Å². The van der Waals surface area contributed by atoms with Crippen LogP contribution in [0.25, 0.3) is 10.9 Å². The van der Waals surface area contributed by atoms with Crippen molar-refractivity contribution in [3.63, 3.8) is 0 Å². The van der Waals surface area contributed by atoms with Gasteiger partial charge in [0.25, 0.3) is 5.69 Å². The highest BCUT2D eigenvalue weighted by Crippen LogP contribution is 2.35. The minimum atomic E-state index is -3.96. The van der Waals surface area contributed by atoms with Crippen LogP contribution < -0.4 is 4.74 Å². The number of hydrogen-bond donors (Lipinski definition) is 0. The summed E-state index contributed by atoms with van der Waals surface area (Å²) in [7, 11) is -2.85. The Bertz CT molecular complexity index is 1170. The fourth-order valence-electron chi connectivity index (χ4n) is 2.80. The smallest absolute Gasteiger partial charge is 0.355 e. The molecule has 3 aromatic rings. The van der Waals surface area contributed by atoms with Gasteiger partial charge in [-0.15, -0.1) is 0 Å². The number of nitro benzene ring substituents is 1. The van der Waals surface area contributed by atoms with Gasteiger partial charge in [-0.2, -0.15) is 0 Å². The average Bonchev–Trinajstić information content (AvgIpc) is 3.06. The van der Waals surface area contributed by atoms with Crippen LogP contribution in [0.2, 0.25) is 0 Å². The van der Waals surface area contributed by atoms with Crippen LogP contribution in [0.1, 0.15) is 16.1 Å². The summed E-state index contributed by atoms with van der Waals surface area (Å²) in [5, 5.41) is 11.6. The summed E-state index contributed by atoms with van der Waals surface area (Å²) in [5.41, 5.74) is 0.137. The molecule has 3 rings (SSSR count). The van der Waals surface area contributed by atoms with E-state index in [1.54, 1.807) is 0 Å². The zero-order chi connectivity index (χ0) is 20.5. The van der Waals surface area contributed by atoms with Crippen molar-refractivity contribution in [2.75, 3.05) is 13.4 Å². The number of carbonyl (C=O) groups is 1. The molecule has 0 radical (unpaired) electrons. The number of ether oxygens (including phenoxy) is 2. The van der Waals surface area contributed by atoms with Crippen LogP contribution in [0.5, 0.6) is 5.75 Å². The molecule has 0 saturated carbocycles. The molecule has 0 saturated heterocycles. The molecule has 146 valence electrons. The van der Waals surface area contributed by atoms with Gasteiger partial charge >= 0.3 is 5.97 Å². The number of carbonyl (C=O) groups excluding carboxylic acids is 1. The highest BCUT2D eigenvalue weighted by atomic mass is 32.2. The maximum Gasteiger partial charge on any atom is 0.355 e. The largest absolute Gasteiger partial charge is 0.488 e. The van der Waals surface area contributed by atoms with Crippen molar-refractivity contribution >= 4 is 32.6 Å². The number of fused-ring (bicyclic) bond motifs is 1. The topological polar surface area (TPSA) is 118 Å². The second-order valence-corrected chi connectivity index (χ2v) is 7.79. The molecule has 0 N–H and O–H groups in total. The molecule has 0 amide bonds. The minimum Gasteiger partial charge on any atom is -0.488 e. The van der Waals surface area contributed by atoms with E-state index in [9.17, 15) is 23.3 Å². The quantitative estimate of drug-likeness (QED) is 0.352. The number of nitrogens with zero attached hydrogens (tertiary/aromatic N) is 2.